The second-order valence-corrected chi connectivity index (χ2v) is 6.59. The average molecular weight is 381 g/mol. The second-order valence-electron chi connectivity index (χ2n) is 6.59. The van der Waals surface area contributed by atoms with Gasteiger partial charge in [0.1, 0.15) is 0 Å². The molecular weight excluding hydrogens is 362 g/mol. The fraction of sp³-hybridized carbons (Fsp3) is 0.286. The minimum absolute atomic E-state index is 0.103. The number of methoxy groups -OCH3 is 3. The molecule has 0 saturated carbocycles. The zero-order valence-electron chi connectivity index (χ0n) is 15.8. The molecule has 144 valence electrons. The lowest BCUT2D eigenvalue weighted by atomic mass is 10.1. The fourth-order valence-corrected chi connectivity index (χ4v) is 3.83. The fourth-order valence-electron chi connectivity index (χ4n) is 3.83. The number of hydrogen-bond donors (Lipinski definition) is 0. The van der Waals surface area contributed by atoms with Crippen LogP contribution in [0.5, 0.6) is 28.7 Å². The van der Waals surface area contributed by atoms with Crippen molar-refractivity contribution in [3.8, 4) is 40.0 Å². The molecule has 28 heavy (non-hydrogen) atoms. The largest absolute Gasteiger partial charge is 0.493 e. The number of nitrogens with zero attached hydrogens (tertiary/aromatic N) is 1. The Labute approximate surface area is 161 Å². The van der Waals surface area contributed by atoms with E-state index >= 15 is 0 Å². The van der Waals surface area contributed by atoms with Gasteiger partial charge < -0.3 is 28.4 Å². The molecule has 2 aliphatic rings. The van der Waals surface area contributed by atoms with Crippen molar-refractivity contribution in [1.82, 2.24) is 4.98 Å². The molecule has 0 saturated heterocycles. The first-order valence-electron chi connectivity index (χ1n) is 8.86. The average Bonchev–Trinajstić information content (AvgIpc) is 3.31. The zero-order valence-corrected chi connectivity index (χ0v) is 15.8. The van der Waals surface area contributed by atoms with Crippen LogP contribution in [0.2, 0.25) is 0 Å². The molecule has 0 unspecified atom stereocenters. The van der Waals surface area contributed by atoms with Crippen LogP contribution in [0.1, 0.15) is 11.1 Å². The van der Waals surface area contributed by atoms with Crippen LogP contribution in [-0.4, -0.2) is 39.9 Å². The highest BCUT2D eigenvalue weighted by Gasteiger charge is 2.30. The predicted octanol–water partition coefficient (Wildman–Crippen LogP) is 3.53. The number of ether oxygens (including phenoxy) is 6. The Morgan fingerprint density at radius 3 is 2.54 bits per heavy atom. The van der Waals surface area contributed by atoms with Crippen molar-refractivity contribution in [2.75, 3.05) is 34.9 Å². The Hall–Kier alpha value is -3.19. The first-order valence-corrected chi connectivity index (χ1v) is 8.86. The Morgan fingerprint density at radius 2 is 1.79 bits per heavy atom. The molecule has 0 atom stereocenters. The summed E-state index contributed by atoms with van der Waals surface area (Å²) in [6.07, 6.45) is 0.693. The van der Waals surface area contributed by atoms with Crippen LogP contribution in [0.3, 0.4) is 0 Å². The number of pyridine rings is 1. The van der Waals surface area contributed by atoms with E-state index in [0.717, 1.165) is 44.8 Å². The van der Waals surface area contributed by atoms with Gasteiger partial charge in [-0.25, -0.2) is 4.98 Å². The first kappa shape index (κ1) is 16.9. The summed E-state index contributed by atoms with van der Waals surface area (Å²) in [7, 11) is 4.80. The van der Waals surface area contributed by atoms with Crippen LogP contribution in [-0.2, 0) is 11.2 Å². The van der Waals surface area contributed by atoms with E-state index in [0.29, 0.717) is 23.7 Å². The van der Waals surface area contributed by atoms with E-state index in [1.54, 1.807) is 21.3 Å². The Balaban J connectivity index is 1.69. The standard InChI is InChI=1S/C21H19NO6/c1-23-9-28-21-18(24-2)7-13-14(20(21)25-3)5-12-4-11-6-16-17(27-10-26-16)8-15(11)22-19(12)13/h4,6-8H,5,9-10H2,1-3H3. The third-order valence-electron chi connectivity index (χ3n) is 5.06. The van der Waals surface area contributed by atoms with Crippen LogP contribution in [0.4, 0.5) is 0 Å². The molecule has 0 amide bonds. The second kappa shape index (κ2) is 6.45. The van der Waals surface area contributed by atoms with Gasteiger partial charge in [-0.1, -0.05) is 0 Å². The summed E-state index contributed by atoms with van der Waals surface area (Å²) >= 11 is 0. The number of fused-ring (bicyclic) bond motifs is 5. The summed E-state index contributed by atoms with van der Waals surface area (Å²) in [5, 5.41) is 1.01. The summed E-state index contributed by atoms with van der Waals surface area (Å²) in [6.45, 7) is 0.346. The number of aromatic nitrogens is 1. The molecule has 1 aromatic heterocycles. The van der Waals surface area contributed by atoms with E-state index in [4.69, 9.17) is 33.4 Å². The summed E-state index contributed by atoms with van der Waals surface area (Å²) in [6, 6.07) is 7.97. The molecule has 1 aliphatic carbocycles. The van der Waals surface area contributed by atoms with E-state index in [1.807, 2.05) is 18.2 Å². The highest BCUT2D eigenvalue weighted by molar-refractivity contribution is 5.90. The molecular formula is C21H19NO6. The number of hydrogen-bond acceptors (Lipinski definition) is 7. The molecule has 0 N–H and O–H groups in total. The van der Waals surface area contributed by atoms with Gasteiger partial charge in [0.2, 0.25) is 12.5 Å². The predicted molar refractivity (Wildman–Crippen MR) is 102 cm³/mol. The third kappa shape index (κ3) is 2.43. The molecule has 0 spiro atoms. The highest BCUT2D eigenvalue weighted by atomic mass is 16.7. The smallest absolute Gasteiger partial charge is 0.231 e. The van der Waals surface area contributed by atoms with Gasteiger partial charge in [-0.05, 0) is 23.8 Å². The molecule has 7 heteroatoms. The van der Waals surface area contributed by atoms with Crippen LogP contribution in [0.15, 0.2) is 24.3 Å². The van der Waals surface area contributed by atoms with Crippen molar-refractivity contribution < 1.29 is 28.4 Å². The first-order chi connectivity index (χ1) is 13.7. The Morgan fingerprint density at radius 1 is 0.964 bits per heavy atom. The maximum atomic E-state index is 5.73. The Bertz CT molecular complexity index is 1090. The molecule has 7 nitrogen and oxygen atoms in total. The number of benzene rings is 2. The minimum atomic E-state index is 0.103. The van der Waals surface area contributed by atoms with Crippen molar-refractivity contribution in [2.45, 2.75) is 6.42 Å². The van der Waals surface area contributed by atoms with Gasteiger partial charge in [0.15, 0.2) is 29.8 Å². The van der Waals surface area contributed by atoms with Crippen LogP contribution in [0, 0.1) is 0 Å². The third-order valence-corrected chi connectivity index (χ3v) is 5.06. The Kier molecular flexibility index (Phi) is 3.91. The van der Waals surface area contributed by atoms with Gasteiger partial charge in [-0.3, -0.25) is 0 Å². The summed E-state index contributed by atoms with van der Waals surface area (Å²) in [5.74, 6) is 3.22. The van der Waals surface area contributed by atoms with Gasteiger partial charge in [-0.15, -0.1) is 0 Å². The SMILES string of the molecule is COCOc1c(OC)cc2c(c1OC)Cc1cc3cc4c(cc3nc1-2)OCO4. The zero-order chi connectivity index (χ0) is 19.3. The minimum Gasteiger partial charge on any atom is -0.493 e. The molecule has 2 heterocycles. The summed E-state index contributed by atoms with van der Waals surface area (Å²) in [5.41, 5.74) is 4.88. The molecule has 0 radical (unpaired) electrons. The lowest BCUT2D eigenvalue weighted by molar-refractivity contribution is 0.0470. The molecule has 5 rings (SSSR count). The molecule has 2 aromatic carbocycles. The summed E-state index contributed by atoms with van der Waals surface area (Å²) < 4.78 is 33.0. The normalized spacial score (nSPS) is 13.4. The van der Waals surface area contributed by atoms with E-state index in [-0.39, 0.29) is 13.6 Å². The van der Waals surface area contributed by atoms with E-state index in [2.05, 4.69) is 6.07 Å². The van der Waals surface area contributed by atoms with Crippen molar-refractivity contribution in [2.24, 2.45) is 0 Å². The van der Waals surface area contributed by atoms with Gasteiger partial charge in [0.25, 0.3) is 0 Å². The number of rotatable bonds is 5. The van der Waals surface area contributed by atoms with Crippen LogP contribution in [0.25, 0.3) is 22.2 Å². The lowest BCUT2D eigenvalue weighted by Gasteiger charge is -2.17. The molecule has 0 bridgehead atoms. The lowest BCUT2D eigenvalue weighted by Crippen LogP contribution is -2.04. The summed E-state index contributed by atoms with van der Waals surface area (Å²) in [4.78, 5) is 4.91. The van der Waals surface area contributed by atoms with Crippen molar-refractivity contribution >= 4 is 10.9 Å². The molecule has 3 aromatic rings. The maximum absolute atomic E-state index is 5.73. The van der Waals surface area contributed by atoms with Crippen molar-refractivity contribution in [1.29, 1.82) is 0 Å². The highest BCUT2D eigenvalue weighted by Crippen LogP contribution is 2.50. The maximum Gasteiger partial charge on any atom is 0.231 e. The van der Waals surface area contributed by atoms with E-state index < -0.39 is 0 Å². The van der Waals surface area contributed by atoms with E-state index in [1.165, 1.54) is 0 Å². The van der Waals surface area contributed by atoms with Gasteiger partial charge >= 0.3 is 0 Å². The quantitative estimate of drug-likeness (QED) is 0.490. The van der Waals surface area contributed by atoms with Gasteiger partial charge in [0, 0.05) is 36.1 Å². The van der Waals surface area contributed by atoms with Crippen molar-refractivity contribution in [3.63, 3.8) is 0 Å². The van der Waals surface area contributed by atoms with Crippen molar-refractivity contribution in [3.05, 3.63) is 35.4 Å². The van der Waals surface area contributed by atoms with Gasteiger partial charge in [0.05, 0.1) is 25.4 Å². The monoisotopic (exact) mass is 381 g/mol. The molecule has 1 aliphatic heterocycles. The van der Waals surface area contributed by atoms with Gasteiger partial charge in [-0.2, -0.15) is 0 Å². The van der Waals surface area contributed by atoms with E-state index in [9.17, 15) is 0 Å². The van der Waals surface area contributed by atoms with Crippen LogP contribution >= 0.6 is 0 Å². The van der Waals surface area contributed by atoms with Crippen LogP contribution < -0.4 is 23.7 Å². The topological polar surface area (TPSA) is 68.3 Å². The molecule has 0 fully saturated rings.